The Morgan fingerprint density at radius 1 is 1.29 bits per heavy atom. The lowest BCUT2D eigenvalue weighted by Gasteiger charge is -2.16. The van der Waals surface area contributed by atoms with Crippen molar-refractivity contribution in [1.29, 1.82) is 0 Å². The van der Waals surface area contributed by atoms with Crippen LogP contribution in [-0.4, -0.2) is 12.6 Å². The molecule has 0 bridgehead atoms. The number of halogens is 1. The number of hydrogen-bond donors (Lipinski definition) is 1. The molecule has 0 spiro atoms. The van der Waals surface area contributed by atoms with Gasteiger partial charge in [0.1, 0.15) is 0 Å². The zero-order valence-corrected chi connectivity index (χ0v) is 13.0. The predicted octanol–water partition coefficient (Wildman–Crippen LogP) is 4.34. The minimum absolute atomic E-state index is 0.532. The third kappa shape index (κ3) is 3.91. The molecule has 0 fully saturated rings. The summed E-state index contributed by atoms with van der Waals surface area (Å²) < 4.78 is 1.25. The highest BCUT2D eigenvalue weighted by Gasteiger charge is 2.12. The second-order valence-electron chi connectivity index (χ2n) is 3.99. The van der Waals surface area contributed by atoms with Crippen molar-refractivity contribution in [3.05, 3.63) is 43.2 Å². The summed E-state index contributed by atoms with van der Waals surface area (Å²) >= 11 is 7.22. The molecule has 2 aromatic rings. The largest absolute Gasteiger partial charge is 0.314 e. The fraction of sp³-hybridized carbons (Fsp3) is 0.385. The number of rotatable bonds is 6. The summed E-state index contributed by atoms with van der Waals surface area (Å²) in [6.45, 7) is 3.20. The summed E-state index contributed by atoms with van der Waals surface area (Å²) in [6, 6.07) is 4.89. The Bertz CT molecular complexity index is 436. The first-order chi connectivity index (χ1) is 8.29. The van der Waals surface area contributed by atoms with Crippen LogP contribution in [0.1, 0.15) is 17.4 Å². The van der Waals surface area contributed by atoms with E-state index in [2.05, 4.69) is 56.4 Å². The SMILES string of the molecule is CCNC(Cc1ccsc1)Cc1sccc1Br. The summed E-state index contributed by atoms with van der Waals surface area (Å²) in [5.74, 6) is 0. The van der Waals surface area contributed by atoms with Gasteiger partial charge in [0.15, 0.2) is 0 Å². The molecule has 0 aliphatic rings. The van der Waals surface area contributed by atoms with Crippen molar-refractivity contribution in [3.63, 3.8) is 0 Å². The summed E-state index contributed by atoms with van der Waals surface area (Å²) in [5.41, 5.74) is 1.44. The van der Waals surface area contributed by atoms with Crippen LogP contribution >= 0.6 is 38.6 Å². The first kappa shape index (κ1) is 13.3. The van der Waals surface area contributed by atoms with E-state index in [0.29, 0.717) is 6.04 Å². The van der Waals surface area contributed by atoms with E-state index >= 15 is 0 Å². The summed E-state index contributed by atoms with van der Waals surface area (Å²) in [5, 5.41) is 10.1. The summed E-state index contributed by atoms with van der Waals surface area (Å²) in [4.78, 5) is 1.44. The Morgan fingerprint density at radius 2 is 2.18 bits per heavy atom. The maximum absolute atomic E-state index is 3.61. The number of hydrogen-bond acceptors (Lipinski definition) is 3. The third-order valence-electron chi connectivity index (χ3n) is 2.68. The van der Waals surface area contributed by atoms with Gasteiger partial charge in [-0.3, -0.25) is 0 Å². The van der Waals surface area contributed by atoms with Gasteiger partial charge in [-0.1, -0.05) is 6.92 Å². The second kappa shape index (κ2) is 6.69. The Kier molecular flexibility index (Phi) is 5.22. The van der Waals surface area contributed by atoms with Gasteiger partial charge in [-0.05, 0) is 69.2 Å². The van der Waals surface area contributed by atoms with E-state index in [-0.39, 0.29) is 0 Å². The van der Waals surface area contributed by atoms with Gasteiger partial charge >= 0.3 is 0 Å². The molecular formula is C13H16BrNS2. The van der Waals surface area contributed by atoms with Crippen LogP contribution in [0.5, 0.6) is 0 Å². The van der Waals surface area contributed by atoms with Crippen molar-refractivity contribution in [2.75, 3.05) is 6.54 Å². The van der Waals surface area contributed by atoms with Crippen molar-refractivity contribution in [2.45, 2.75) is 25.8 Å². The van der Waals surface area contributed by atoms with Gasteiger partial charge in [-0.2, -0.15) is 11.3 Å². The van der Waals surface area contributed by atoms with Crippen LogP contribution in [0, 0.1) is 0 Å². The Morgan fingerprint density at radius 3 is 2.76 bits per heavy atom. The molecule has 0 saturated carbocycles. The van der Waals surface area contributed by atoms with E-state index < -0.39 is 0 Å². The molecule has 0 aliphatic heterocycles. The summed E-state index contributed by atoms with van der Waals surface area (Å²) in [6.07, 6.45) is 2.21. The quantitative estimate of drug-likeness (QED) is 0.831. The average Bonchev–Trinajstić information content (AvgIpc) is 2.92. The van der Waals surface area contributed by atoms with Crippen LogP contribution in [0.2, 0.25) is 0 Å². The minimum Gasteiger partial charge on any atom is -0.314 e. The highest BCUT2D eigenvalue weighted by Crippen LogP contribution is 2.24. The van der Waals surface area contributed by atoms with Gasteiger partial charge in [-0.15, -0.1) is 11.3 Å². The molecule has 1 nitrogen and oxygen atoms in total. The zero-order valence-electron chi connectivity index (χ0n) is 9.78. The van der Waals surface area contributed by atoms with Gasteiger partial charge < -0.3 is 5.32 Å². The van der Waals surface area contributed by atoms with Gasteiger partial charge in [0.25, 0.3) is 0 Å². The molecule has 0 aromatic carbocycles. The number of thiophene rings is 2. The molecule has 2 heterocycles. The average molecular weight is 330 g/mol. The molecular weight excluding hydrogens is 314 g/mol. The Hall–Kier alpha value is -0.160. The van der Waals surface area contributed by atoms with E-state index in [4.69, 9.17) is 0 Å². The first-order valence-electron chi connectivity index (χ1n) is 5.76. The molecule has 92 valence electrons. The molecule has 0 radical (unpaired) electrons. The van der Waals surface area contributed by atoms with Crippen molar-refractivity contribution >= 4 is 38.6 Å². The standard InChI is InChI=1S/C13H16BrNS2/c1-2-15-11(7-10-3-5-16-9-10)8-13-12(14)4-6-17-13/h3-6,9,11,15H,2,7-8H2,1H3. The van der Waals surface area contributed by atoms with Crippen LogP contribution in [0.4, 0.5) is 0 Å². The predicted molar refractivity (Wildman–Crippen MR) is 81.2 cm³/mol. The number of nitrogens with one attached hydrogen (secondary N) is 1. The van der Waals surface area contributed by atoms with Gasteiger partial charge in [0.2, 0.25) is 0 Å². The van der Waals surface area contributed by atoms with Gasteiger partial charge in [0.05, 0.1) is 0 Å². The fourth-order valence-corrected chi connectivity index (χ4v) is 4.17. The smallest absolute Gasteiger partial charge is 0.0314 e. The Labute approximate surface area is 119 Å². The van der Waals surface area contributed by atoms with E-state index in [1.807, 2.05) is 11.3 Å². The van der Waals surface area contributed by atoms with Crippen molar-refractivity contribution < 1.29 is 0 Å². The molecule has 17 heavy (non-hydrogen) atoms. The first-order valence-corrected chi connectivity index (χ1v) is 8.37. The maximum Gasteiger partial charge on any atom is 0.0314 e. The normalized spacial score (nSPS) is 12.8. The molecule has 0 amide bonds. The van der Waals surface area contributed by atoms with E-state index in [9.17, 15) is 0 Å². The van der Waals surface area contributed by atoms with Crippen molar-refractivity contribution in [2.24, 2.45) is 0 Å². The molecule has 0 saturated heterocycles. The van der Waals surface area contributed by atoms with Crippen LogP contribution in [0.3, 0.4) is 0 Å². The molecule has 2 rings (SSSR count). The second-order valence-corrected chi connectivity index (χ2v) is 6.62. The van der Waals surface area contributed by atoms with Crippen LogP contribution in [0.15, 0.2) is 32.7 Å². The lowest BCUT2D eigenvalue weighted by molar-refractivity contribution is 0.524. The molecule has 1 unspecified atom stereocenters. The molecule has 1 N–H and O–H groups in total. The van der Waals surface area contributed by atoms with Crippen LogP contribution in [0.25, 0.3) is 0 Å². The van der Waals surface area contributed by atoms with E-state index in [1.165, 1.54) is 14.9 Å². The van der Waals surface area contributed by atoms with Crippen molar-refractivity contribution in [3.8, 4) is 0 Å². The summed E-state index contributed by atoms with van der Waals surface area (Å²) in [7, 11) is 0. The van der Waals surface area contributed by atoms with E-state index in [1.54, 1.807) is 11.3 Å². The third-order valence-corrected chi connectivity index (χ3v) is 5.36. The minimum atomic E-state index is 0.532. The molecule has 0 aliphatic carbocycles. The van der Waals surface area contributed by atoms with Gasteiger partial charge in [-0.25, -0.2) is 0 Å². The van der Waals surface area contributed by atoms with Crippen LogP contribution in [-0.2, 0) is 12.8 Å². The monoisotopic (exact) mass is 329 g/mol. The lowest BCUT2D eigenvalue weighted by atomic mass is 10.1. The molecule has 4 heteroatoms. The van der Waals surface area contributed by atoms with Crippen LogP contribution < -0.4 is 5.32 Å². The highest BCUT2D eigenvalue weighted by atomic mass is 79.9. The molecule has 1 atom stereocenters. The van der Waals surface area contributed by atoms with Crippen molar-refractivity contribution in [1.82, 2.24) is 5.32 Å². The topological polar surface area (TPSA) is 12.0 Å². The highest BCUT2D eigenvalue weighted by molar-refractivity contribution is 9.10. The lowest BCUT2D eigenvalue weighted by Crippen LogP contribution is -2.32. The number of likely N-dealkylation sites (N-methyl/N-ethyl adjacent to an activating group) is 1. The Balaban J connectivity index is 2.00. The molecule has 2 aromatic heterocycles. The van der Waals surface area contributed by atoms with E-state index in [0.717, 1.165) is 19.4 Å². The zero-order chi connectivity index (χ0) is 12.1. The van der Waals surface area contributed by atoms with Gasteiger partial charge in [0, 0.05) is 15.4 Å². The maximum atomic E-state index is 3.61. The fourth-order valence-electron chi connectivity index (χ4n) is 1.89.